The molecule has 20 heavy (non-hydrogen) atoms. The first-order valence-electron chi connectivity index (χ1n) is 6.70. The lowest BCUT2D eigenvalue weighted by Gasteiger charge is -2.20. The molecule has 112 valence electrons. The van der Waals surface area contributed by atoms with E-state index in [0.29, 0.717) is 12.1 Å². The van der Waals surface area contributed by atoms with Gasteiger partial charge in [-0.2, -0.15) is 0 Å². The second-order valence-electron chi connectivity index (χ2n) is 5.82. The topological polar surface area (TPSA) is 84.6 Å². The normalized spacial score (nSPS) is 12.9. The van der Waals surface area contributed by atoms with E-state index >= 15 is 0 Å². The Hall–Kier alpha value is -1.59. The van der Waals surface area contributed by atoms with Crippen LogP contribution in [0.25, 0.3) is 0 Å². The van der Waals surface area contributed by atoms with Gasteiger partial charge in [-0.3, -0.25) is 5.32 Å². The number of aliphatic hydroxyl groups is 1. The zero-order chi connectivity index (χ0) is 15.3. The predicted octanol–water partition coefficient (Wildman–Crippen LogP) is 2.72. The molecule has 0 saturated carbocycles. The minimum Gasteiger partial charge on any atom is -0.444 e. The first-order chi connectivity index (χ1) is 9.23. The molecular weight excluding hydrogens is 256 g/mol. The van der Waals surface area contributed by atoms with Gasteiger partial charge in [-0.15, -0.1) is 0 Å². The lowest BCUT2D eigenvalue weighted by Crippen LogP contribution is -2.27. The second-order valence-corrected chi connectivity index (χ2v) is 5.82. The number of hydrogen-bond donors (Lipinski definition) is 3. The van der Waals surface area contributed by atoms with E-state index in [1.807, 2.05) is 39.8 Å². The van der Waals surface area contributed by atoms with Crippen LogP contribution in [-0.2, 0) is 4.74 Å². The molecule has 0 aromatic heterocycles. The number of carbonyl (C=O) groups excluding carboxylic acids is 1. The zero-order valence-corrected chi connectivity index (χ0v) is 12.6. The van der Waals surface area contributed by atoms with E-state index in [1.165, 1.54) is 0 Å². The Morgan fingerprint density at radius 2 is 2.10 bits per heavy atom. The third-order valence-electron chi connectivity index (χ3n) is 2.75. The minimum atomic E-state index is -0.526. The summed E-state index contributed by atoms with van der Waals surface area (Å²) in [6.45, 7) is 7.39. The largest absolute Gasteiger partial charge is 0.444 e. The molecule has 0 saturated heterocycles. The number of nitrogens with one attached hydrogen (secondary N) is 1. The van der Waals surface area contributed by atoms with Crippen LogP contribution in [0.5, 0.6) is 0 Å². The smallest absolute Gasteiger partial charge is 0.412 e. The number of rotatable bonds is 4. The second kappa shape index (κ2) is 6.72. The van der Waals surface area contributed by atoms with Crippen molar-refractivity contribution in [3.63, 3.8) is 0 Å². The van der Waals surface area contributed by atoms with Crippen LogP contribution in [0.15, 0.2) is 18.2 Å². The Labute approximate surface area is 120 Å². The minimum absolute atomic E-state index is 0.0537. The summed E-state index contributed by atoms with van der Waals surface area (Å²) < 4.78 is 5.21. The lowest BCUT2D eigenvalue weighted by atomic mass is 10.0. The number of benzene rings is 1. The number of carbonyl (C=O) groups is 1. The van der Waals surface area contributed by atoms with Crippen LogP contribution in [0.3, 0.4) is 0 Å². The summed E-state index contributed by atoms with van der Waals surface area (Å²) in [7, 11) is 0. The van der Waals surface area contributed by atoms with Gasteiger partial charge in [0.15, 0.2) is 0 Å². The van der Waals surface area contributed by atoms with E-state index < -0.39 is 11.7 Å². The van der Waals surface area contributed by atoms with Crippen LogP contribution < -0.4 is 11.1 Å². The summed E-state index contributed by atoms with van der Waals surface area (Å²) >= 11 is 0. The number of anilines is 1. The predicted molar refractivity (Wildman–Crippen MR) is 79.7 cm³/mol. The first kappa shape index (κ1) is 16.5. The van der Waals surface area contributed by atoms with Gasteiger partial charge in [-0.05, 0) is 51.3 Å². The molecule has 1 rings (SSSR count). The highest BCUT2D eigenvalue weighted by Gasteiger charge is 2.17. The third kappa shape index (κ3) is 5.19. The number of ether oxygens (including phenoxy) is 1. The van der Waals surface area contributed by atoms with Crippen molar-refractivity contribution in [2.45, 2.75) is 45.8 Å². The Kier molecular flexibility index (Phi) is 5.53. The fourth-order valence-electron chi connectivity index (χ4n) is 1.78. The van der Waals surface area contributed by atoms with Crippen molar-refractivity contribution in [2.24, 2.45) is 5.73 Å². The molecule has 0 spiro atoms. The monoisotopic (exact) mass is 280 g/mol. The summed E-state index contributed by atoms with van der Waals surface area (Å²) in [5.41, 5.74) is 7.95. The summed E-state index contributed by atoms with van der Waals surface area (Å²) in [4.78, 5) is 11.7. The van der Waals surface area contributed by atoms with Gasteiger partial charge in [0.25, 0.3) is 0 Å². The molecule has 1 aromatic carbocycles. The highest BCUT2D eigenvalue weighted by Crippen LogP contribution is 2.22. The third-order valence-corrected chi connectivity index (χ3v) is 2.75. The summed E-state index contributed by atoms with van der Waals surface area (Å²) in [5.74, 6) is 0. The zero-order valence-electron chi connectivity index (χ0n) is 12.6. The number of hydrogen-bond acceptors (Lipinski definition) is 4. The van der Waals surface area contributed by atoms with Crippen LogP contribution in [0.1, 0.15) is 44.4 Å². The number of amides is 1. The molecular formula is C15H24N2O3. The number of aliphatic hydroxyl groups excluding tert-OH is 1. The van der Waals surface area contributed by atoms with E-state index in [1.54, 1.807) is 6.07 Å². The highest BCUT2D eigenvalue weighted by molar-refractivity contribution is 5.85. The molecule has 5 nitrogen and oxygen atoms in total. The Balaban J connectivity index is 2.76. The molecule has 0 bridgehead atoms. The van der Waals surface area contributed by atoms with Gasteiger partial charge in [0, 0.05) is 18.3 Å². The summed E-state index contributed by atoms with van der Waals surface area (Å²) in [5, 5.41) is 11.6. The Morgan fingerprint density at radius 3 is 2.60 bits per heavy atom. The molecule has 0 radical (unpaired) electrons. The van der Waals surface area contributed by atoms with Gasteiger partial charge in [0.05, 0.1) is 0 Å². The SMILES string of the molecule is Cc1cc(C(N)CCO)ccc1NC(=O)OC(C)(C)C. The molecule has 4 N–H and O–H groups in total. The molecule has 0 aliphatic carbocycles. The first-order valence-corrected chi connectivity index (χ1v) is 6.70. The fraction of sp³-hybridized carbons (Fsp3) is 0.533. The summed E-state index contributed by atoms with van der Waals surface area (Å²) in [6, 6.07) is 5.35. The van der Waals surface area contributed by atoms with Crippen LogP contribution in [0, 0.1) is 6.92 Å². The van der Waals surface area contributed by atoms with Gasteiger partial charge in [-0.25, -0.2) is 4.79 Å². The molecule has 1 amide bonds. The van der Waals surface area contributed by atoms with Crippen molar-refractivity contribution in [1.82, 2.24) is 0 Å². The van der Waals surface area contributed by atoms with Crippen molar-refractivity contribution in [2.75, 3.05) is 11.9 Å². The van der Waals surface area contributed by atoms with E-state index in [2.05, 4.69) is 5.32 Å². The molecule has 0 aliphatic rings. The van der Waals surface area contributed by atoms with Crippen LogP contribution in [0.4, 0.5) is 10.5 Å². The number of aryl methyl sites for hydroxylation is 1. The van der Waals surface area contributed by atoms with E-state index in [0.717, 1.165) is 11.1 Å². The van der Waals surface area contributed by atoms with Gasteiger partial charge in [0.2, 0.25) is 0 Å². The van der Waals surface area contributed by atoms with Crippen LogP contribution in [-0.4, -0.2) is 23.4 Å². The van der Waals surface area contributed by atoms with Crippen molar-refractivity contribution < 1.29 is 14.6 Å². The highest BCUT2D eigenvalue weighted by atomic mass is 16.6. The van der Waals surface area contributed by atoms with E-state index in [-0.39, 0.29) is 12.6 Å². The van der Waals surface area contributed by atoms with Crippen molar-refractivity contribution in [3.05, 3.63) is 29.3 Å². The Morgan fingerprint density at radius 1 is 1.45 bits per heavy atom. The molecule has 0 fully saturated rings. The van der Waals surface area contributed by atoms with Crippen molar-refractivity contribution >= 4 is 11.8 Å². The summed E-state index contributed by atoms with van der Waals surface area (Å²) in [6.07, 6.45) is 0.0335. The van der Waals surface area contributed by atoms with E-state index in [9.17, 15) is 4.79 Å². The molecule has 0 heterocycles. The molecule has 1 atom stereocenters. The molecule has 0 aliphatic heterocycles. The quantitative estimate of drug-likeness (QED) is 0.791. The average molecular weight is 280 g/mol. The van der Waals surface area contributed by atoms with Crippen molar-refractivity contribution in [1.29, 1.82) is 0 Å². The van der Waals surface area contributed by atoms with Gasteiger partial charge >= 0.3 is 6.09 Å². The average Bonchev–Trinajstić information content (AvgIpc) is 2.29. The standard InChI is InChI=1S/C15H24N2O3/c1-10-9-11(12(16)7-8-18)5-6-13(10)17-14(19)20-15(2,3)4/h5-6,9,12,18H,7-8,16H2,1-4H3,(H,17,19). The maximum Gasteiger partial charge on any atom is 0.412 e. The lowest BCUT2D eigenvalue weighted by molar-refractivity contribution is 0.0636. The maximum absolute atomic E-state index is 11.7. The fourth-order valence-corrected chi connectivity index (χ4v) is 1.78. The Bertz CT molecular complexity index is 467. The van der Waals surface area contributed by atoms with Crippen molar-refractivity contribution in [3.8, 4) is 0 Å². The van der Waals surface area contributed by atoms with Crippen LogP contribution >= 0.6 is 0 Å². The maximum atomic E-state index is 11.7. The van der Waals surface area contributed by atoms with E-state index in [4.69, 9.17) is 15.6 Å². The van der Waals surface area contributed by atoms with Gasteiger partial charge in [-0.1, -0.05) is 12.1 Å². The molecule has 5 heteroatoms. The molecule has 1 unspecified atom stereocenters. The number of nitrogens with two attached hydrogens (primary N) is 1. The molecule has 1 aromatic rings. The van der Waals surface area contributed by atoms with Gasteiger partial charge < -0.3 is 15.6 Å². The van der Waals surface area contributed by atoms with Gasteiger partial charge in [0.1, 0.15) is 5.60 Å². The van der Waals surface area contributed by atoms with Crippen LogP contribution in [0.2, 0.25) is 0 Å².